The zero-order valence-electron chi connectivity index (χ0n) is 14.6. The van der Waals surface area contributed by atoms with Crippen LogP contribution in [0, 0.1) is 0 Å². The molecule has 1 aliphatic rings. The number of hydrogen-bond acceptors (Lipinski definition) is 5. The van der Waals surface area contributed by atoms with Gasteiger partial charge in [0.15, 0.2) is 0 Å². The molecule has 1 saturated heterocycles. The Hall–Kier alpha value is -2.20. The molecule has 0 atom stereocenters. The first-order valence-corrected chi connectivity index (χ1v) is 10.1. The predicted octanol–water partition coefficient (Wildman–Crippen LogP) is 4.64. The van der Waals surface area contributed by atoms with E-state index in [2.05, 4.69) is 0 Å². The van der Waals surface area contributed by atoms with Crippen molar-refractivity contribution in [1.29, 1.82) is 0 Å². The van der Waals surface area contributed by atoms with E-state index in [1.165, 1.54) is 0 Å². The first-order chi connectivity index (χ1) is 12.6. The summed E-state index contributed by atoms with van der Waals surface area (Å²) in [5.74, 6) is -0.457. The smallest absolute Gasteiger partial charge is 0.358 e. The molecule has 1 heterocycles. The Morgan fingerprint density at radius 2 is 1.46 bits per heavy atom. The molecule has 6 heteroatoms. The maximum Gasteiger partial charge on any atom is 0.358 e. The van der Waals surface area contributed by atoms with Crippen LogP contribution in [0.2, 0.25) is 0 Å². The van der Waals surface area contributed by atoms with Crippen LogP contribution < -0.4 is 0 Å². The van der Waals surface area contributed by atoms with Gasteiger partial charge in [-0.15, -0.1) is 0 Å². The standard InChI is InChI=1S/C20H21O5P/c1-2-23-19(21)15-18(26(22)24-13-14-25-26)20(16-9-5-3-6-10-16)17-11-7-4-8-12-17/h3-12H,2,13-15H2,1H3. The van der Waals surface area contributed by atoms with Crippen molar-refractivity contribution in [2.75, 3.05) is 19.8 Å². The van der Waals surface area contributed by atoms with Gasteiger partial charge in [-0.3, -0.25) is 9.36 Å². The number of carbonyl (C=O) groups excluding carboxylic acids is 1. The summed E-state index contributed by atoms with van der Waals surface area (Å²) >= 11 is 0. The van der Waals surface area contributed by atoms with Gasteiger partial charge < -0.3 is 13.8 Å². The molecule has 0 N–H and O–H groups in total. The summed E-state index contributed by atoms with van der Waals surface area (Å²) in [4.78, 5) is 12.2. The van der Waals surface area contributed by atoms with Gasteiger partial charge in [-0.05, 0) is 18.1 Å². The molecule has 1 aliphatic heterocycles. The van der Waals surface area contributed by atoms with Gasteiger partial charge in [0.1, 0.15) is 0 Å². The molecular formula is C20H21O5P. The molecule has 26 heavy (non-hydrogen) atoms. The molecule has 0 radical (unpaired) electrons. The maximum atomic E-state index is 13.3. The number of benzene rings is 2. The van der Waals surface area contributed by atoms with E-state index in [0.717, 1.165) is 11.1 Å². The lowest BCUT2D eigenvalue weighted by molar-refractivity contribution is -0.142. The number of ether oxygens (including phenoxy) is 1. The van der Waals surface area contributed by atoms with Gasteiger partial charge in [-0.2, -0.15) is 0 Å². The zero-order chi connectivity index (χ0) is 18.4. The predicted molar refractivity (Wildman–Crippen MR) is 99.7 cm³/mol. The molecule has 2 aromatic rings. The van der Waals surface area contributed by atoms with Crippen LogP contribution in [0.3, 0.4) is 0 Å². The lowest BCUT2D eigenvalue weighted by Crippen LogP contribution is -2.08. The Morgan fingerprint density at radius 3 is 1.92 bits per heavy atom. The third-order valence-electron chi connectivity index (χ3n) is 3.97. The molecule has 0 aromatic heterocycles. The van der Waals surface area contributed by atoms with E-state index < -0.39 is 13.6 Å². The molecular weight excluding hydrogens is 351 g/mol. The second-order valence-corrected chi connectivity index (χ2v) is 7.75. The highest BCUT2D eigenvalue weighted by Crippen LogP contribution is 2.62. The number of esters is 1. The fraction of sp³-hybridized carbons (Fsp3) is 0.250. The van der Waals surface area contributed by atoms with Crippen LogP contribution >= 0.6 is 7.60 Å². The van der Waals surface area contributed by atoms with Crippen LogP contribution in [0.25, 0.3) is 5.57 Å². The summed E-state index contributed by atoms with van der Waals surface area (Å²) in [7, 11) is -3.57. The third kappa shape index (κ3) is 4.13. The number of carbonyl (C=O) groups is 1. The number of rotatable bonds is 6. The van der Waals surface area contributed by atoms with Gasteiger partial charge in [0.25, 0.3) is 0 Å². The fourth-order valence-electron chi connectivity index (χ4n) is 2.89. The van der Waals surface area contributed by atoms with Crippen molar-refractivity contribution in [3.63, 3.8) is 0 Å². The van der Waals surface area contributed by atoms with E-state index in [-0.39, 0.29) is 26.2 Å². The highest BCUT2D eigenvalue weighted by molar-refractivity contribution is 7.59. The number of hydrogen-bond donors (Lipinski definition) is 0. The first-order valence-electron chi connectivity index (χ1n) is 8.53. The van der Waals surface area contributed by atoms with E-state index >= 15 is 0 Å². The van der Waals surface area contributed by atoms with E-state index in [1.807, 2.05) is 60.7 Å². The lowest BCUT2D eigenvalue weighted by atomic mass is 9.97. The van der Waals surface area contributed by atoms with Crippen molar-refractivity contribution in [3.8, 4) is 0 Å². The first kappa shape index (κ1) is 18.6. The summed E-state index contributed by atoms with van der Waals surface area (Å²) in [5, 5.41) is 0.339. The molecule has 1 fully saturated rings. The molecule has 0 spiro atoms. The fourth-order valence-corrected chi connectivity index (χ4v) is 4.76. The molecule has 0 amide bonds. The highest BCUT2D eigenvalue weighted by Gasteiger charge is 2.39. The SMILES string of the molecule is CCOC(=O)CC(=C(c1ccccc1)c1ccccc1)P1(=O)OCCO1. The van der Waals surface area contributed by atoms with Crippen LogP contribution in [-0.4, -0.2) is 25.8 Å². The van der Waals surface area contributed by atoms with Crippen molar-refractivity contribution < 1.29 is 23.1 Å². The van der Waals surface area contributed by atoms with E-state index in [9.17, 15) is 9.36 Å². The zero-order valence-corrected chi connectivity index (χ0v) is 15.5. The average molecular weight is 372 g/mol. The van der Waals surface area contributed by atoms with Gasteiger partial charge in [-0.25, -0.2) is 0 Å². The Labute approximate surface area is 153 Å². The second-order valence-electron chi connectivity index (χ2n) is 5.70. The van der Waals surface area contributed by atoms with Gasteiger partial charge in [-0.1, -0.05) is 60.7 Å². The highest BCUT2D eigenvalue weighted by atomic mass is 31.2. The summed E-state index contributed by atoms with van der Waals surface area (Å²) in [6.07, 6.45) is -0.149. The van der Waals surface area contributed by atoms with Crippen LogP contribution in [0.4, 0.5) is 0 Å². The van der Waals surface area contributed by atoms with Crippen LogP contribution in [0.1, 0.15) is 24.5 Å². The van der Waals surface area contributed by atoms with Crippen molar-refractivity contribution in [2.45, 2.75) is 13.3 Å². The van der Waals surface area contributed by atoms with Gasteiger partial charge >= 0.3 is 13.6 Å². The average Bonchev–Trinajstić information content (AvgIpc) is 3.11. The second kappa shape index (κ2) is 8.45. The van der Waals surface area contributed by atoms with Crippen LogP contribution in [0.15, 0.2) is 66.0 Å². The quantitative estimate of drug-likeness (QED) is 0.546. The molecule has 0 saturated carbocycles. The molecule has 2 aromatic carbocycles. The van der Waals surface area contributed by atoms with E-state index in [4.69, 9.17) is 13.8 Å². The minimum Gasteiger partial charge on any atom is -0.466 e. The third-order valence-corrected chi connectivity index (χ3v) is 6.05. The lowest BCUT2D eigenvalue weighted by Gasteiger charge is -2.20. The van der Waals surface area contributed by atoms with Crippen molar-refractivity contribution in [2.24, 2.45) is 0 Å². The largest absolute Gasteiger partial charge is 0.466 e. The molecule has 3 rings (SSSR count). The van der Waals surface area contributed by atoms with E-state index in [1.54, 1.807) is 6.92 Å². The normalized spacial score (nSPS) is 15.4. The molecule has 5 nitrogen and oxygen atoms in total. The van der Waals surface area contributed by atoms with Crippen molar-refractivity contribution in [3.05, 3.63) is 77.1 Å². The molecule has 136 valence electrons. The van der Waals surface area contributed by atoms with E-state index in [0.29, 0.717) is 10.9 Å². The van der Waals surface area contributed by atoms with Crippen molar-refractivity contribution in [1.82, 2.24) is 0 Å². The van der Waals surface area contributed by atoms with Crippen molar-refractivity contribution >= 4 is 19.1 Å². The maximum absolute atomic E-state index is 13.3. The molecule has 0 unspecified atom stereocenters. The summed E-state index contributed by atoms with van der Waals surface area (Å²) in [6, 6.07) is 19.0. The Bertz CT molecular complexity index is 778. The Morgan fingerprint density at radius 1 is 0.962 bits per heavy atom. The monoisotopic (exact) mass is 372 g/mol. The van der Waals surface area contributed by atoms with Crippen LogP contribution in [0.5, 0.6) is 0 Å². The Kier molecular flexibility index (Phi) is 6.04. The molecule has 0 bridgehead atoms. The summed E-state index contributed by atoms with van der Waals surface area (Å²) in [6.45, 7) is 2.46. The summed E-state index contributed by atoms with van der Waals surface area (Å²) in [5.41, 5.74) is 2.36. The van der Waals surface area contributed by atoms with Gasteiger partial charge in [0.2, 0.25) is 0 Å². The Balaban J connectivity index is 2.22. The molecule has 0 aliphatic carbocycles. The minimum atomic E-state index is -3.57. The van der Waals surface area contributed by atoms with Crippen LogP contribution in [-0.2, 0) is 23.1 Å². The van der Waals surface area contributed by atoms with Gasteiger partial charge in [0, 0.05) is 5.57 Å². The minimum absolute atomic E-state index is 0.149. The van der Waals surface area contributed by atoms with Gasteiger partial charge in [0.05, 0.1) is 31.6 Å². The topological polar surface area (TPSA) is 61.8 Å². The summed E-state index contributed by atoms with van der Waals surface area (Å²) < 4.78 is 29.4.